The Morgan fingerprint density at radius 2 is 2.11 bits per heavy atom. The van der Waals surface area contributed by atoms with E-state index in [9.17, 15) is 9.59 Å². The average Bonchev–Trinajstić information content (AvgIpc) is 3.08. The van der Waals surface area contributed by atoms with Gasteiger partial charge in [0, 0.05) is 32.2 Å². The predicted octanol–water partition coefficient (Wildman–Crippen LogP) is 2.62. The lowest BCUT2D eigenvalue weighted by Gasteiger charge is -2.30. The average molecular weight is 379 g/mol. The van der Waals surface area contributed by atoms with Gasteiger partial charge in [-0.2, -0.15) is 5.10 Å². The van der Waals surface area contributed by atoms with Crippen LogP contribution < -0.4 is 10.5 Å². The maximum atomic E-state index is 12.9. The summed E-state index contributed by atoms with van der Waals surface area (Å²) in [6.45, 7) is 5.39. The first-order valence-electron chi connectivity index (χ1n) is 9.76. The van der Waals surface area contributed by atoms with E-state index in [1.54, 1.807) is 11.7 Å². The number of nitrogens with zero attached hydrogens (tertiary/aromatic N) is 5. The van der Waals surface area contributed by atoms with Gasteiger partial charge in [-0.15, -0.1) is 0 Å². The number of aryl methyl sites for hydroxylation is 3. The molecule has 2 aromatic heterocycles. The highest BCUT2D eigenvalue weighted by atomic mass is 16.2. The highest BCUT2D eigenvalue weighted by molar-refractivity contribution is 5.94. The zero-order chi connectivity index (χ0) is 19.8. The maximum Gasteiger partial charge on any atom is 0.264 e. The number of carbonyl (C=O) groups is 1. The van der Waals surface area contributed by atoms with Crippen LogP contribution in [-0.2, 0) is 24.8 Å². The van der Waals surface area contributed by atoms with E-state index in [4.69, 9.17) is 0 Å². The number of aromatic nitrogens is 4. The number of fused-ring (bicyclic) bond motifs is 2. The summed E-state index contributed by atoms with van der Waals surface area (Å²) >= 11 is 0. The third-order valence-electron chi connectivity index (χ3n) is 5.47. The van der Waals surface area contributed by atoms with Gasteiger partial charge in [0.05, 0.1) is 12.5 Å². The monoisotopic (exact) mass is 379 g/mol. The molecule has 1 aliphatic rings. The van der Waals surface area contributed by atoms with Crippen LogP contribution in [0.1, 0.15) is 43.7 Å². The van der Waals surface area contributed by atoms with E-state index in [-0.39, 0.29) is 17.9 Å². The van der Waals surface area contributed by atoms with Crippen LogP contribution in [0.4, 0.5) is 5.69 Å². The number of hydrogen-bond acceptors (Lipinski definition) is 4. The van der Waals surface area contributed by atoms with E-state index in [1.165, 1.54) is 28.2 Å². The van der Waals surface area contributed by atoms with Crippen molar-refractivity contribution in [3.05, 3.63) is 52.2 Å². The van der Waals surface area contributed by atoms with Gasteiger partial charge >= 0.3 is 0 Å². The molecule has 7 heteroatoms. The van der Waals surface area contributed by atoms with Gasteiger partial charge in [-0.05, 0) is 36.0 Å². The second-order valence-corrected chi connectivity index (χ2v) is 7.69. The van der Waals surface area contributed by atoms with Crippen LogP contribution >= 0.6 is 0 Å². The fourth-order valence-corrected chi connectivity index (χ4v) is 3.81. The van der Waals surface area contributed by atoms with Gasteiger partial charge in [-0.1, -0.05) is 26.0 Å². The Balaban J connectivity index is 1.52. The van der Waals surface area contributed by atoms with Crippen molar-refractivity contribution >= 4 is 22.6 Å². The molecule has 0 bridgehead atoms. The van der Waals surface area contributed by atoms with E-state index in [2.05, 4.69) is 42.1 Å². The van der Waals surface area contributed by atoms with Crippen LogP contribution in [0.25, 0.3) is 11.0 Å². The number of hydrogen-bond donors (Lipinski definition) is 0. The molecule has 0 saturated carbocycles. The topological polar surface area (TPSA) is 73.0 Å². The van der Waals surface area contributed by atoms with Gasteiger partial charge in [0.15, 0.2) is 5.65 Å². The Kier molecular flexibility index (Phi) is 4.75. The van der Waals surface area contributed by atoms with Crippen molar-refractivity contribution in [1.29, 1.82) is 0 Å². The molecule has 0 N–H and O–H groups in total. The number of carbonyl (C=O) groups excluding carboxylic acids is 1. The molecule has 0 radical (unpaired) electrons. The fraction of sp³-hybridized carbons (Fsp3) is 0.429. The summed E-state index contributed by atoms with van der Waals surface area (Å²) in [7, 11) is 1.75. The highest BCUT2D eigenvalue weighted by Gasteiger charge is 2.23. The molecule has 0 unspecified atom stereocenters. The summed E-state index contributed by atoms with van der Waals surface area (Å²) in [5.74, 6) is 0.509. The second-order valence-electron chi connectivity index (χ2n) is 7.69. The van der Waals surface area contributed by atoms with Gasteiger partial charge in [0.1, 0.15) is 5.39 Å². The molecule has 1 aromatic carbocycles. The number of benzene rings is 1. The van der Waals surface area contributed by atoms with Crippen LogP contribution in [-0.4, -0.2) is 31.8 Å². The lowest BCUT2D eigenvalue weighted by molar-refractivity contribution is -0.118. The van der Waals surface area contributed by atoms with Gasteiger partial charge in [-0.3, -0.25) is 18.8 Å². The van der Waals surface area contributed by atoms with Crippen molar-refractivity contribution in [2.45, 2.75) is 45.6 Å². The Labute approximate surface area is 163 Å². The van der Waals surface area contributed by atoms with Crippen molar-refractivity contribution in [1.82, 2.24) is 19.3 Å². The van der Waals surface area contributed by atoms with Gasteiger partial charge in [-0.25, -0.2) is 4.98 Å². The van der Waals surface area contributed by atoms with Crippen molar-refractivity contribution in [3.63, 3.8) is 0 Å². The van der Waals surface area contributed by atoms with E-state index in [0.717, 1.165) is 25.1 Å². The SMILES string of the molecule is CC(C)c1ccc2c(c1)CCCN2C(=O)CCn1cnc2c(cnn2C)c1=O. The van der Waals surface area contributed by atoms with Gasteiger partial charge < -0.3 is 4.90 Å². The largest absolute Gasteiger partial charge is 0.312 e. The Morgan fingerprint density at radius 1 is 1.29 bits per heavy atom. The van der Waals surface area contributed by atoms with E-state index in [1.807, 2.05) is 4.90 Å². The third kappa shape index (κ3) is 3.21. The second kappa shape index (κ2) is 7.22. The molecule has 7 nitrogen and oxygen atoms in total. The molecule has 1 aliphatic heterocycles. The minimum atomic E-state index is -0.161. The molecule has 1 amide bonds. The third-order valence-corrected chi connectivity index (χ3v) is 5.47. The quantitative estimate of drug-likeness (QED) is 0.698. The summed E-state index contributed by atoms with van der Waals surface area (Å²) < 4.78 is 3.07. The zero-order valence-corrected chi connectivity index (χ0v) is 16.6. The van der Waals surface area contributed by atoms with Gasteiger partial charge in [0.2, 0.25) is 5.91 Å². The standard InChI is InChI=1S/C21H25N5O2/c1-14(2)15-6-7-18-16(11-15)5-4-9-26(18)19(27)8-10-25-13-22-20-17(21(25)28)12-23-24(20)3/h6-7,11-14H,4-5,8-10H2,1-3H3. The zero-order valence-electron chi connectivity index (χ0n) is 16.6. The summed E-state index contributed by atoms with van der Waals surface area (Å²) in [6.07, 6.45) is 5.25. The highest BCUT2D eigenvalue weighted by Crippen LogP contribution is 2.30. The summed E-state index contributed by atoms with van der Waals surface area (Å²) in [6, 6.07) is 6.40. The Bertz CT molecular complexity index is 1100. The molecule has 3 aromatic rings. The van der Waals surface area contributed by atoms with Crippen LogP contribution in [0.2, 0.25) is 0 Å². The summed E-state index contributed by atoms with van der Waals surface area (Å²) in [4.78, 5) is 31.6. The molecule has 0 fully saturated rings. The normalized spacial score (nSPS) is 13.9. The predicted molar refractivity (Wildman–Crippen MR) is 109 cm³/mol. The summed E-state index contributed by atoms with van der Waals surface area (Å²) in [5, 5.41) is 4.55. The number of rotatable bonds is 4. The van der Waals surface area contributed by atoms with Crippen molar-refractivity contribution in [3.8, 4) is 0 Å². The smallest absolute Gasteiger partial charge is 0.264 e. The fourth-order valence-electron chi connectivity index (χ4n) is 3.81. The van der Waals surface area contributed by atoms with Crippen LogP contribution in [0.15, 0.2) is 35.5 Å². The lowest BCUT2D eigenvalue weighted by Crippen LogP contribution is -2.36. The number of amides is 1. The Morgan fingerprint density at radius 3 is 2.89 bits per heavy atom. The first kappa shape index (κ1) is 18.4. The molecule has 0 saturated heterocycles. The molecule has 4 rings (SSSR count). The molecular weight excluding hydrogens is 354 g/mol. The summed E-state index contributed by atoms with van der Waals surface area (Å²) in [5.41, 5.74) is 3.94. The molecule has 3 heterocycles. The van der Waals surface area contributed by atoms with Gasteiger partial charge in [0.25, 0.3) is 5.56 Å². The molecule has 0 atom stereocenters. The van der Waals surface area contributed by atoms with Crippen LogP contribution in [0.3, 0.4) is 0 Å². The lowest BCUT2D eigenvalue weighted by atomic mass is 9.94. The first-order chi connectivity index (χ1) is 13.5. The molecule has 0 aliphatic carbocycles. The van der Waals surface area contributed by atoms with Crippen LogP contribution in [0.5, 0.6) is 0 Å². The minimum Gasteiger partial charge on any atom is -0.312 e. The Hall–Kier alpha value is -2.96. The molecule has 28 heavy (non-hydrogen) atoms. The molecule has 0 spiro atoms. The van der Waals surface area contributed by atoms with Crippen molar-refractivity contribution in [2.24, 2.45) is 7.05 Å². The van der Waals surface area contributed by atoms with E-state index in [0.29, 0.717) is 23.5 Å². The van der Waals surface area contributed by atoms with Crippen LogP contribution in [0, 0.1) is 0 Å². The minimum absolute atomic E-state index is 0.0384. The number of anilines is 1. The maximum absolute atomic E-state index is 12.9. The van der Waals surface area contributed by atoms with Crippen molar-refractivity contribution in [2.75, 3.05) is 11.4 Å². The van der Waals surface area contributed by atoms with Crippen molar-refractivity contribution < 1.29 is 4.79 Å². The molecular formula is C21H25N5O2. The van der Waals surface area contributed by atoms with E-state index < -0.39 is 0 Å². The first-order valence-corrected chi connectivity index (χ1v) is 9.76. The molecule has 146 valence electrons. The van der Waals surface area contributed by atoms with E-state index >= 15 is 0 Å².